The average molecular weight is 250 g/mol. The predicted octanol–water partition coefficient (Wildman–Crippen LogP) is 1.64. The lowest BCUT2D eigenvalue weighted by Crippen LogP contribution is -2.30. The van der Waals surface area contributed by atoms with Crippen LogP contribution in [-0.4, -0.2) is 30.2 Å². The number of hydrogen-bond donors (Lipinski definition) is 1. The second-order valence-corrected chi connectivity index (χ2v) is 5.67. The number of rotatable bonds is 4. The third-order valence-electron chi connectivity index (χ3n) is 2.85. The van der Waals surface area contributed by atoms with Gasteiger partial charge < -0.3 is 5.73 Å². The Labute approximate surface area is 106 Å². The number of nitrogens with zero attached hydrogens (tertiary/aromatic N) is 1. The summed E-state index contributed by atoms with van der Waals surface area (Å²) >= 11 is 1.94. The number of benzene rings is 1. The molecule has 0 bridgehead atoms. The van der Waals surface area contributed by atoms with Gasteiger partial charge in [0.1, 0.15) is 0 Å². The zero-order valence-corrected chi connectivity index (χ0v) is 10.9. The summed E-state index contributed by atoms with van der Waals surface area (Å²) in [7, 11) is 1.92. The number of nitrogens with two attached hydrogens (primary N) is 1. The SMILES string of the molecule is CN(CC(N)=O)Cc1ccc2c(c1)CCCS2. The molecular formula is C13H18N2OS. The van der Waals surface area contributed by atoms with Crippen LogP contribution in [0.4, 0.5) is 0 Å². The minimum absolute atomic E-state index is 0.277. The second kappa shape index (κ2) is 5.56. The molecule has 1 aromatic carbocycles. The molecule has 4 heteroatoms. The van der Waals surface area contributed by atoms with Crippen LogP contribution in [-0.2, 0) is 17.8 Å². The van der Waals surface area contributed by atoms with Crippen LogP contribution >= 0.6 is 11.8 Å². The first-order chi connectivity index (χ1) is 8.15. The fourth-order valence-corrected chi connectivity index (χ4v) is 3.16. The molecule has 1 aliphatic rings. The number of aryl methyl sites for hydroxylation is 1. The molecule has 1 aromatic rings. The van der Waals surface area contributed by atoms with E-state index in [2.05, 4.69) is 18.2 Å². The molecule has 2 N–H and O–H groups in total. The first kappa shape index (κ1) is 12.5. The van der Waals surface area contributed by atoms with Crippen molar-refractivity contribution in [3.05, 3.63) is 29.3 Å². The highest BCUT2D eigenvalue weighted by Crippen LogP contribution is 2.30. The van der Waals surface area contributed by atoms with Gasteiger partial charge >= 0.3 is 0 Å². The molecule has 17 heavy (non-hydrogen) atoms. The van der Waals surface area contributed by atoms with Gasteiger partial charge in [-0.3, -0.25) is 9.69 Å². The third kappa shape index (κ3) is 3.48. The topological polar surface area (TPSA) is 46.3 Å². The van der Waals surface area contributed by atoms with E-state index in [4.69, 9.17) is 5.73 Å². The number of carbonyl (C=O) groups excluding carboxylic acids is 1. The zero-order valence-electron chi connectivity index (χ0n) is 10.1. The molecule has 0 saturated carbocycles. The van der Waals surface area contributed by atoms with Gasteiger partial charge in [0.2, 0.25) is 5.91 Å². The average Bonchev–Trinajstić information content (AvgIpc) is 2.27. The summed E-state index contributed by atoms with van der Waals surface area (Å²) in [6.45, 7) is 1.09. The van der Waals surface area contributed by atoms with Crippen LogP contribution in [0.2, 0.25) is 0 Å². The smallest absolute Gasteiger partial charge is 0.231 e. The summed E-state index contributed by atoms with van der Waals surface area (Å²) in [5, 5.41) is 0. The maximum atomic E-state index is 10.8. The lowest BCUT2D eigenvalue weighted by Gasteiger charge is -2.18. The van der Waals surface area contributed by atoms with E-state index in [0.29, 0.717) is 6.54 Å². The molecule has 0 spiro atoms. The van der Waals surface area contributed by atoms with Gasteiger partial charge in [-0.1, -0.05) is 12.1 Å². The Kier molecular flexibility index (Phi) is 4.07. The van der Waals surface area contributed by atoms with Crippen LogP contribution in [0.3, 0.4) is 0 Å². The van der Waals surface area contributed by atoms with E-state index in [1.165, 1.54) is 34.6 Å². The Morgan fingerprint density at radius 3 is 3.12 bits per heavy atom. The molecule has 1 heterocycles. The molecule has 3 nitrogen and oxygen atoms in total. The molecule has 0 fully saturated rings. The maximum Gasteiger partial charge on any atom is 0.231 e. The molecule has 0 radical (unpaired) electrons. The van der Waals surface area contributed by atoms with Crippen molar-refractivity contribution >= 4 is 17.7 Å². The van der Waals surface area contributed by atoms with Crippen molar-refractivity contribution in [3.8, 4) is 0 Å². The normalized spacial score (nSPS) is 14.7. The Morgan fingerprint density at radius 2 is 2.35 bits per heavy atom. The minimum atomic E-state index is -0.277. The van der Waals surface area contributed by atoms with Crippen LogP contribution in [0, 0.1) is 0 Å². The van der Waals surface area contributed by atoms with E-state index in [-0.39, 0.29) is 5.91 Å². The van der Waals surface area contributed by atoms with Crippen molar-refractivity contribution in [2.45, 2.75) is 24.3 Å². The lowest BCUT2D eigenvalue weighted by atomic mass is 10.1. The van der Waals surface area contributed by atoms with E-state index in [0.717, 1.165) is 6.54 Å². The van der Waals surface area contributed by atoms with Gasteiger partial charge in [0.05, 0.1) is 6.54 Å². The van der Waals surface area contributed by atoms with E-state index < -0.39 is 0 Å². The van der Waals surface area contributed by atoms with Crippen LogP contribution in [0.15, 0.2) is 23.1 Å². The summed E-state index contributed by atoms with van der Waals surface area (Å²) in [6.07, 6.45) is 2.44. The van der Waals surface area contributed by atoms with E-state index in [9.17, 15) is 4.79 Å². The molecule has 2 rings (SSSR count). The Bertz CT molecular complexity index is 420. The molecule has 92 valence electrons. The Hall–Kier alpha value is -1.00. The van der Waals surface area contributed by atoms with Crippen molar-refractivity contribution < 1.29 is 4.79 Å². The molecule has 1 amide bonds. The van der Waals surface area contributed by atoms with Crippen molar-refractivity contribution in [2.75, 3.05) is 19.3 Å². The number of thioether (sulfide) groups is 1. The number of primary amides is 1. The van der Waals surface area contributed by atoms with Crippen molar-refractivity contribution in [2.24, 2.45) is 5.73 Å². The first-order valence-electron chi connectivity index (χ1n) is 5.86. The van der Waals surface area contributed by atoms with Gasteiger partial charge in [0.25, 0.3) is 0 Å². The molecule has 0 unspecified atom stereocenters. The van der Waals surface area contributed by atoms with Crippen molar-refractivity contribution in [1.29, 1.82) is 0 Å². The second-order valence-electron chi connectivity index (χ2n) is 4.53. The quantitative estimate of drug-likeness (QED) is 0.883. The molecule has 0 saturated heterocycles. The number of amides is 1. The standard InChI is InChI=1S/C13H18N2OS/c1-15(9-13(14)16)8-10-4-5-12-11(7-10)3-2-6-17-12/h4-5,7H,2-3,6,8-9H2,1H3,(H2,14,16). The molecular weight excluding hydrogens is 232 g/mol. The van der Waals surface area contributed by atoms with Crippen LogP contribution < -0.4 is 5.73 Å². The van der Waals surface area contributed by atoms with Gasteiger partial charge in [-0.15, -0.1) is 11.8 Å². The largest absolute Gasteiger partial charge is 0.369 e. The molecule has 0 aromatic heterocycles. The highest BCUT2D eigenvalue weighted by Gasteiger charge is 2.11. The fourth-order valence-electron chi connectivity index (χ4n) is 2.15. The molecule has 0 aliphatic carbocycles. The van der Waals surface area contributed by atoms with Crippen molar-refractivity contribution in [3.63, 3.8) is 0 Å². The highest BCUT2D eigenvalue weighted by molar-refractivity contribution is 7.99. The van der Waals surface area contributed by atoms with Crippen LogP contribution in [0.5, 0.6) is 0 Å². The lowest BCUT2D eigenvalue weighted by molar-refractivity contribution is -0.118. The van der Waals surface area contributed by atoms with E-state index in [1.807, 2.05) is 23.7 Å². The fraction of sp³-hybridized carbons (Fsp3) is 0.462. The van der Waals surface area contributed by atoms with Gasteiger partial charge in [-0.25, -0.2) is 0 Å². The molecule has 0 atom stereocenters. The van der Waals surface area contributed by atoms with Gasteiger partial charge in [0.15, 0.2) is 0 Å². The number of likely N-dealkylation sites (N-methyl/N-ethyl adjacent to an activating group) is 1. The van der Waals surface area contributed by atoms with Gasteiger partial charge in [-0.2, -0.15) is 0 Å². The molecule has 1 aliphatic heterocycles. The number of carbonyl (C=O) groups is 1. The predicted molar refractivity (Wildman–Crippen MR) is 71.0 cm³/mol. The maximum absolute atomic E-state index is 10.8. The van der Waals surface area contributed by atoms with Gasteiger partial charge in [0, 0.05) is 11.4 Å². The van der Waals surface area contributed by atoms with Gasteiger partial charge in [-0.05, 0) is 42.8 Å². The summed E-state index contributed by atoms with van der Waals surface area (Å²) in [4.78, 5) is 14.2. The summed E-state index contributed by atoms with van der Waals surface area (Å²) in [6, 6.07) is 6.61. The van der Waals surface area contributed by atoms with Crippen molar-refractivity contribution in [1.82, 2.24) is 4.90 Å². The highest BCUT2D eigenvalue weighted by atomic mass is 32.2. The Morgan fingerprint density at radius 1 is 1.53 bits per heavy atom. The monoisotopic (exact) mass is 250 g/mol. The number of hydrogen-bond acceptors (Lipinski definition) is 3. The van der Waals surface area contributed by atoms with Crippen LogP contribution in [0.25, 0.3) is 0 Å². The zero-order chi connectivity index (χ0) is 12.3. The first-order valence-corrected chi connectivity index (χ1v) is 6.85. The number of fused-ring (bicyclic) bond motifs is 1. The summed E-state index contributed by atoms with van der Waals surface area (Å²) in [5.41, 5.74) is 7.88. The Balaban J connectivity index is 2.04. The summed E-state index contributed by atoms with van der Waals surface area (Å²) < 4.78 is 0. The van der Waals surface area contributed by atoms with E-state index >= 15 is 0 Å². The van der Waals surface area contributed by atoms with Crippen LogP contribution in [0.1, 0.15) is 17.5 Å². The van der Waals surface area contributed by atoms with E-state index in [1.54, 1.807) is 0 Å². The third-order valence-corrected chi connectivity index (χ3v) is 4.05. The minimum Gasteiger partial charge on any atom is -0.369 e. The summed E-state index contributed by atoms with van der Waals surface area (Å²) in [5.74, 6) is 0.953.